The quantitative estimate of drug-likeness (QED) is 0.666. The molecule has 0 bridgehead atoms. The minimum Gasteiger partial charge on any atom is -0.494 e. The number of ether oxygens (including phenoxy) is 3. The largest absolute Gasteiger partial charge is 0.494 e. The molecule has 1 aromatic rings. The highest BCUT2D eigenvalue weighted by Crippen LogP contribution is 2.37. The third-order valence-electron chi connectivity index (χ3n) is 5.54. The summed E-state index contributed by atoms with van der Waals surface area (Å²) < 4.78 is 44.2. The maximum absolute atomic E-state index is 14.0. The van der Waals surface area contributed by atoms with E-state index in [0.717, 1.165) is 18.3 Å². The third kappa shape index (κ3) is 4.49. The van der Waals surface area contributed by atoms with Crippen molar-refractivity contribution in [3.8, 4) is 11.5 Å². The second kappa shape index (κ2) is 8.74. The van der Waals surface area contributed by atoms with Crippen LogP contribution in [0.1, 0.15) is 46.0 Å². The Morgan fingerprint density at radius 2 is 1.65 bits per heavy atom. The van der Waals surface area contributed by atoms with E-state index in [1.165, 1.54) is 37.8 Å². The Morgan fingerprint density at radius 1 is 1.00 bits per heavy atom. The maximum Gasteiger partial charge on any atom is 0.204 e. The van der Waals surface area contributed by atoms with E-state index in [1.807, 2.05) is 6.08 Å². The Kier molecular flexibility index (Phi) is 6.38. The van der Waals surface area contributed by atoms with Crippen molar-refractivity contribution < 1.29 is 23.0 Å². The van der Waals surface area contributed by atoms with E-state index in [9.17, 15) is 8.78 Å². The first-order valence-corrected chi connectivity index (χ1v) is 9.63. The van der Waals surface area contributed by atoms with Crippen LogP contribution in [0.2, 0.25) is 0 Å². The molecule has 1 aliphatic heterocycles. The van der Waals surface area contributed by atoms with Crippen LogP contribution in [-0.2, 0) is 4.74 Å². The van der Waals surface area contributed by atoms with Gasteiger partial charge in [-0.05, 0) is 62.1 Å². The molecule has 1 aromatic carbocycles. The number of allylic oxidation sites excluding steroid dienone is 1. The molecule has 1 atom stereocenters. The Bertz CT molecular complexity index is 636. The Morgan fingerprint density at radius 3 is 2.23 bits per heavy atom. The lowest BCUT2D eigenvalue weighted by atomic mass is 9.75. The Balaban J connectivity index is 1.52. The molecular formula is C21H28F2O3. The summed E-state index contributed by atoms with van der Waals surface area (Å²) in [6.45, 7) is 5.12. The molecule has 1 unspecified atom stereocenters. The van der Waals surface area contributed by atoms with Crippen molar-refractivity contribution in [1.82, 2.24) is 0 Å². The van der Waals surface area contributed by atoms with Gasteiger partial charge in [0.1, 0.15) is 12.4 Å². The smallest absolute Gasteiger partial charge is 0.204 e. The van der Waals surface area contributed by atoms with Gasteiger partial charge in [0, 0.05) is 0 Å². The molecule has 1 fully saturated rings. The maximum atomic E-state index is 14.0. The average Bonchev–Trinajstić information content (AvgIpc) is 2.66. The molecule has 144 valence electrons. The molecule has 0 radical (unpaired) electrons. The first-order chi connectivity index (χ1) is 12.6. The molecule has 1 aliphatic carbocycles. The van der Waals surface area contributed by atoms with Crippen LogP contribution in [0.25, 0.3) is 0 Å². The number of hydrogen-bond acceptors (Lipinski definition) is 3. The van der Waals surface area contributed by atoms with Crippen LogP contribution in [0.3, 0.4) is 0 Å². The average molecular weight is 366 g/mol. The van der Waals surface area contributed by atoms with Gasteiger partial charge in [-0.15, -0.1) is 0 Å². The van der Waals surface area contributed by atoms with E-state index >= 15 is 0 Å². The van der Waals surface area contributed by atoms with Crippen LogP contribution in [0.15, 0.2) is 24.0 Å². The number of rotatable bonds is 6. The fraction of sp³-hybridized carbons (Fsp3) is 0.619. The molecule has 2 aliphatic rings. The SMILES string of the molecule is CCOc1ccc(OCC2=CCC(C3CCC(C)CC3)CO2)c(F)c1F. The van der Waals surface area contributed by atoms with Gasteiger partial charge in [0.15, 0.2) is 11.5 Å². The fourth-order valence-corrected chi connectivity index (χ4v) is 3.85. The predicted octanol–water partition coefficient (Wildman–Crippen LogP) is 5.49. The van der Waals surface area contributed by atoms with Gasteiger partial charge in [0.25, 0.3) is 0 Å². The van der Waals surface area contributed by atoms with Crippen LogP contribution < -0.4 is 9.47 Å². The van der Waals surface area contributed by atoms with E-state index in [2.05, 4.69) is 6.92 Å². The summed E-state index contributed by atoms with van der Waals surface area (Å²) in [4.78, 5) is 0. The molecule has 5 heteroatoms. The number of benzene rings is 1. The molecule has 0 aromatic heterocycles. The van der Waals surface area contributed by atoms with Gasteiger partial charge >= 0.3 is 0 Å². The zero-order chi connectivity index (χ0) is 18.5. The highest BCUT2D eigenvalue weighted by Gasteiger charge is 2.28. The van der Waals surface area contributed by atoms with Gasteiger partial charge in [-0.2, -0.15) is 8.78 Å². The van der Waals surface area contributed by atoms with Crippen LogP contribution in [0.5, 0.6) is 11.5 Å². The highest BCUT2D eigenvalue weighted by molar-refractivity contribution is 5.35. The van der Waals surface area contributed by atoms with Crippen molar-refractivity contribution in [1.29, 1.82) is 0 Å². The highest BCUT2D eigenvalue weighted by atomic mass is 19.2. The number of hydrogen-bond donors (Lipinski definition) is 0. The summed E-state index contributed by atoms with van der Waals surface area (Å²) in [6.07, 6.45) is 8.19. The van der Waals surface area contributed by atoms with Crippen LogP contribution in [0.4, 0.5) is 8.78 Å². The van der Waals surface area contributed by atoms with E-state index in [-0.39, 0.29) is 24.7 Å². The lowest BCUT2D eigenvalue weighted by Crippen LogP contribution is -2.27. The van der Waals surface area contributed by atoms with Gasteiger partial charge in [0.2, 0.25) is 11.6 Å². The normalized spacial score (nSPS) is 26.0. The Labute approximate surface area is 154 Å². The van der Waals surface area contributed by atoms with Gasteiger partial charge in [0.05, 0.1) is 13.2 Å². The fourth-order valence-electron chi connectivity index (χ4n) is 3.85. The summed E-state index contributed by atoms with van der Waals surface area (Å²) >= 11 is 0. The minimum atomic E-state index is -1.03. The Hall–Kier alpha value is -1.78. The van der Waals surface area contributed by atoms with Crippen molar-refractivity contribution in [2.24, 2.45) is 17.8 Å². The molecule has 1 heterocycles. The van der Waals surface area contributed by atoms with Gasteiger partial charge in [-0.3, -0.25) is 0 Å². The van der Waals surface area contributed by atoms with Crippen molar-refractivity contribution in [2.45, 2.75) is 46.0 Å². The topological polar surface area (TPSA) is 27.7 Å². The van der Waals surface area contributed by atoms with Crippen LogP contribution >= 0.6 is 0 Å². The second-order valence-corrected chi connectivity index (χ2v) is 7.41. The molecule has 1 saturated carbocycles. The third-order valence-corrected chi connectivity index (χ3v) is 5.54. The standard InChI is InChI=1S/C21H28F2O3/c1-3-24-18-10-11-19(21(23)20(18)22)26-13-17-9-8-16(12-25-17)15-6-4-14(2)5-7-15/h9-11,14-16H,3-8,12-13H2,1-2H3. The van der Waals surface area contributed by atoms with Gasteiger partial charge < -0.3 is 14.2 Å². The van der Waals surface area contributed by atoms with Crippen LogP contribution in [0, 0.1) is 29.4 Å². The molecule has 0 saturated heterocycles. The zero-order valence-electron chi connectivity index (χ0n) is 15.6. The van der Waals surface area contributed by atoms with Gasteiger partial charge in [-0.1, -0.05) is 19.8 Å². The lowest BCUT2D eigenvalue weighted by molar-refractivity contribution is 0.0748. The van der Waals surface area contributed by atoms with Crippen molar-refractivity contribution in [3.05, 3.63) is 35.6 Å². The van der Waals surface area contributed by atoms with Crippen molar-refractivity contribution >= 4 is 0 Å². The van der Waals surface area contributed by atoms with E-state index < -0.39 is 11.6 Å². The van der Waals surface area contributed by atoms with Crippen molar-refractivity contribution in [3.63, 3.8) is 0 Å². The molecule has 0 N–H and O–H groups in total. The summed E-state index contributed by atoms with van der Waals surface area (Å²) in [7, 11) is 0. The van der Waals surface area contributed by atoms with E-state index in [1.54, 1.807) is 6.92 Å². The monoisotopic (exact) mass is 366 g/mol. The molecule has 0 spiro atoms. The molecule has 26 heavy (non-hydrogen) atoms. The lowest BCUT2D eigenvalue weighted by Gasteiger charge is -2.34. The molecule has 3 nitrogen and oxygen atoms in total. The predicted molar refractivity (Wildman–Crippen MR) is 96.3 cm³/mol. The number of halogens is 2. The van der Waals surface area contributed by atoms with Crippen LogP contribution in [-0.4, -0.2) is 19.8 Å². The zero-order valence-corrected chi connectivity index (χ0v) is 15.6. The summed E-state index contributed by atoms with van der Waals surface area (Å²) in [5.41, 5.74) is 0. The summed E-state index contributed by atoms with van der Waals surface area (Å²) in [5.74, 6) is 0.567. The molecule has 3 rings (SSSR count). The molecule has 0 amide bonds. The van der Waals surface area contributed by atoms with Crippen molar-refractivity contribution in [2.75, 3.05) is 19.8 Å². The second-order valence-electron chi connectivity index (χ2n) is 7.41. The minimum absolute atomic E-state index is 0.102. The summed E-state index contributed by atoms with van der Waals surface area (Å²) in [6, 6.07) is 2.77. The van der Waals surface area contributed by atoms with E-state index in [0.29, 0.717) is 18.3 Å². The first-order valence-electron chi connectivity index (χ1n) is 9.63. The first kappa shape index (κ1) is 19.0. The van der Waals surface area contributed by atoms with E-state index in [4.69, 9.17) is 14.2 Å². The van der Waals surface area contributed by atoms with Gasteiger partial charge in [-0.25, -0.2) is 0 Å². The summed E-state index contributed by atoms with van der Waals surface area (Å²) in [5, 5.41) is 0. The molecular weight excluding hydrogens is 338 g/mol.